The van der Waals surface area contributed by atoms with Gasteiger partial charge in [-0.15, -0.1) is 0 Å². The van der Waals surface area contributed by atoms with Gasteiger partial charge in [0.2, 0.25) is 0 Å². The summed E-state index contributed by atoms with van der Waals surface area (Å²) in [7, 11) is 3.83. The molecule has 1 aliphatic heterocycles. The first-order chi connectivity index (χ1) is 6.21. The molecule has 0 fully saturated rings. The molecule has 0 spiro atoms. The summed E-state index contributed by atoms with van der Waals surface area (Å²) in [5.41, 5.74) is 0.579. The zero-order chi connectivity index (χ0) is 11.0. The number of hydrogen-bond donors (Lipinski definition) is 0. The lowest BCUT2D eigenvalue weighted by atomic mass is 9.93. The molecular formula is C12H20S2. The fourth-order valence-corrected chi connectivity index (χ4v) is 4.35. The van der Waals surface area contributed by atoms with Crippen molar-refractivity contribution in [1.29, 1.82) is 0 Å². The van der Waals surface area contributed by atoms with Crippen LogP contribution in [0.5, 0.6) is 0 Å². The van der Waals surface area contributed by atoms with Crippen LogP contribution < -0.4 is 0 Å². The van der Waals surface area contributed by atoms with Crippen molar-refractivity contribution in [3.05, 3.63) is 22.0 Å². The third-order valence-electron chi connectivity index (χ3n) is 2.09. The minimum absolute atomic E-state index is 0.289. The molecule has 1 heterocycles. The quantitative estimate of drug-likeness (QED) is 0.520. The molecule has 1 aliphatic rings. The lowest BCUT2D eigenvalue weighted by Crippen LogP contribution is -2.10. The van der Waals surface area contributed by atoms with E-state index in [1.807, 2.05) is 21.6 Å². The molecule has 0 saturated carbocycles. The van der Waals surface area contributed by atoms with Crippen molar-refractivity contribution in [2.24, 2.45) is 10.8 Å². The van der Waals surface area contributed by atoms with E-state index in [9.17, 15) is 0 Å². The van der Waals surface area contributed by atoms with Gasteiger partial charge in [0.1, 0.15) is 0 Å². The summed E-state index contributed by atoms with van der Waals surface area (Å²) in [4.78, 5) is 2.94. The molecule has 2 heteroatoms. The van der Waals surface area contributed by atoms with Gasteiger partial charge in [0.15, 0.2) is 0 Å². The topological polar surface area (TPSA) is 0 Å². The van der Waals surface area contributed by atoms with E-state index in [2.05, 4.69) is 53.7 Å². The maximum Gasteiger partial charge on any atom is 0.00153 e. The van der Waals surface area contributed by atoms with Crippen molar-refractivity contribution >= 4 is 21.6 Å². The fourth-order valence-electron chi connectivity index (χ4n) is 1.05. The zero-order valence-electron chi connectivity index (χ0n) is 9.97. The lowest BCUT2D eigenvalue weighted by molar-refractivity contribution is 0.527. The van der Waals surface area contributed by atoms with Crippen molar-refractivity contribution < 1.29 is 0 Å². The molecule has 0 radical (unpaired) electrons. The average Bonchev–Trinajstić information content (AvgIpc) is 2.01. The van der Waals surface area contributed by atoms with Crippen LogP contribution in [0.2, 0.25) is 0 Å². The lowest BCUT2D eigenvalue weighted by Gasteiger charge is -2.28. The second kappa shape index (κ2) is 3.97. The van der Waals surface area contributed by atoms with Crippen LogP contribution >= 0.6 is 21.6 Å². The van der Waals surface area contributed by atoms with E-state index < -0.39 is 0 Å². The van der Waals surface area contributed by atoms with Gasteiger partial charge in [-0.2, -0.15) is 0 Å². The van der Waals surface area contributed by atoms with Crippen molar-refractivity contribution in [1.82, 2.24) is 0 Å². The van der Waals surface area contributed by atoms with E-state index in [0.717, 1.165) is 0 Å². The van der Waals surface area contributed by atoms with Gasteiger partial charge >= 0.3 is 0 Å². The second-order valence-corrected chi connectivity index (χ2v) is 7.94. The van der Waals surface area contributed by atoms with Gasteiger partial charge in [0.25, 0.3) is 0 Å². The van der Waals surface area contributed by atoms with Crippen LogP contribution in [0, 0.1) is 10.8 Å². The van der Waals surface area contributed by atoms with Crippen molar-refractivity contribution in [2.45, 2.75) is 41.5 Å². The summed E-state index contributed by atoms with van der Waals surface area (Å²) in [6, 6.07) is 0. The Hall–Kier alpha value is 0.180. The Morgan fingerprint density at radius 1 is 0.714 bits per heavy atom. The van der Waals surface area contributed by atoms with Gasteiger partial charge in [-0.05, 0) is 10.8 Å². The Morgan fingerprint density at radius 2 is 1.00 bits per heavy atom. The molecule has 0 aromatic carbocycles. The highest BCUT2D eigenvalue weighted by atomic mass is 33.1. The third kappa shape index (κ3) is 3.09. The molecule has 0 aromatic rings. The summed E-state index contributed by atoms with van der Waals surface area (Å²) in [6.07, 6.45) is 4.56. The molecule has 0 amide bonds. The maximum absolute atomic E-state index is 2.28. The van der Waals surface area contributed by atoms with Crippen molar-refractivity contribution in [3.8, 4) is 0 Å². The van der Waals surface area contributed by atoms with Gasteiger partial charge in [0, 0.05) is 9.81 Å². The highest BCUT2D eigenvalue weighted by Crippen LogP contribution is 2.51. The van der Waals surface area contributed by atoms with Crippen LogP contribution in [0.1, 0.15) is 41.5 Å². The summed E-state index contributed by atoms with van der Waals surface area (Å²) in [6.45, 7) is 13.6. The van der Waals surface area contributed by atoms with Gasteiger partial charge in [-0.25, -0.2) is 0 Å². The third-order valence-corrected chi connectivity index (χ3v) is 5.35. The van der Waals surface area contributed by atoms with Crippen LogP contribution in [0.25, 0.3) is 0 Å². The minimum atomic E-state index is 0.289. The first-order valence-corrected chi connectivity index (χ1v) is 7.14. The van der Waals surface area contributed by atoms with Gasteiger partial charge in [-0.3, -0.25) is 0 Å². The molecule has 0 aliphatic carbocycles. The fraction of sp³-hybridized carbons (Fsp3) is 0.667. The Kier molecular flexibility index (Phi) is 3.48. The Morgan fingerprint density at radius 3 is 1.14 bits per heavy atom. The largest absolute Gasteiger partial charge is 0.0568 e. The molecular weight excluding hydrogens is 208 g/mol. The molecule has 0 nitrogen and oxygen atoms in total. The van der Waals surface area contributed by atoms with Crippen LogP contribution in [0.15, 0.2) is 22.0 Å². The normalized spacial score (nSPS) is 19.0. The molecule has 80 valence electrons. The molecule has 0 bridgehead atoms. The summed E-state index contributed by atoms with van der Waals surface area (Å²) in [5, 5.41) is 0. The highest BCUT2D eigenvalue weighted by molar-refractivity contribution is 8.79. The van der Waals surface area contributed by atoms with Crippen LogP contribution in [-0.4, -0.2) is 0 Å². The summed E-state index contributed by atoms with van der Waals surface area (Å²) in [5.74, 6) is 0. The van der Waals surface area contributed by atoms with Crippen LogP contribution in [0.4, 0.5) is 0 Å². The molecule has 0 saturated heterocycles. The van der Waals surface area contributed by atoms with Gasteiger partial charge in [-0.1, -0.05) is 75.3 Å². The second-order valence-electron chi connectivity index (χ2n) is 5.73. The minimum Gasteiger partial charge on any atom is -0.0568 e. The molecule has 0 atom stereocenters. The van der Waals surface area contributed by atoms with Crippen molar-refractivity contribution in [3.63, 3.8) is 0 Å². The molecule has 0 unspecified atom stereocenters. The van der Waals surface area contributed by atoms with E-state index in [0.29, 0.717) is 0 Å². The molecule has 14 heavy (non-hydrogen) atoms. The number of rotatable bonds is 0. The van der Waals surface area contributed by atoms with E-state index in [1.54, 1.807) is 0 Å². The van der Waals surface area contributed by atoms with E-state index in [4.69, 9.17) is 0 Å². The van der Waals surface area contributed by atoms with Crippen LogP contribution in [-0.2, 0) is 0 Å². The predicted molar refractivity (Wildman–Crippen MR) is 70.3 cm³/mol. The average molecular weight is 228 g/mol. The van der Waals surface area contributed by atoms with Gasteiger partial charge in [0.05, 0.1) is 0 Å². The molecule has 1 rings (SSSR count). The smallest absolute Gasteiger partial charge is 0.00153 e. The van der Waals surface area contributed by atoms with E-state index in [-0.39, 0.29) is 10.8 Å². The van der Waals surface area contributed by atoms with Crippen molar-refractivity contribution in [2.75, 3.05) is 0 Å². The summed E-state index contributed by atoms with van der Waals surface area (Å²) >= 11 is 0. The zero-order valence-corrected chi connectivity index (χ0v) is 11.6. The monoisotopic (exact) mass is 228 g/mol. The first-order valence-electron chi connectivity index (χ1n) is 4.99. The molecule has 0 N–H and O–H groups in total. The van der Waals surface area contributed by atoms with Gasteiger partial charge < -0.3 is 0 Å². The maximum atomic E-state index is 2.28. The SMILES string of the molecule is CC(C)(C)C1=CC=C(C(C)(C)C)SS1. The predicted octanol–water partition coefficient (Wildman–Crippen LogP) is 5.24. The highest BCUT2D eigenvalue weighted by Gasteiger charge is 2.24. The molecule has 0 aromatic heterocycles. The number of allylic oxidation sites excluding steroid dienone is 4. The van der Waals surface area contributed by atoms with E-state index in [1.165, 1.54) is 9.81 Å². The Balaban J connectivity index is 2.85. The Labute approximate surface area is 96.0 Å². The van der Waals surface area contributed by atoms with Crippen LogP contribution in [0.3, 0.4) is 0 Å². The Bertz CT molecular complexity index is 242. The van der Waals surface area contributed by atoms with E-state index >= 15 is 0 Å². The summed E-state index contributed by atoms with van der Waals surface area (Å²) < 4.78 is 0. The standard InChI is InChI=1S/C12H20S2/c1-11(2,3)9-7-8-10(14-13-9)12(4,5)6/h7-8H,1-6H3. The number of hydrogen-bond acceptors (Lipinski definition) is 2. The first kappa shape index (κ1) is 12.3.